The van der Waals surface area contributed by atoms with Crippen LogP contribution < -0.4 is 5.32 Å². The minimum absolute atomic E-state index is 0.354. The van der Waals surface area contributed by atoms with E-state index >= 15 is 0 Å². The maximum absolute atomic E-state index is 9.26. The number of H-pyrrole nitrogens is 1. The Morgan fingerprint density at radius 3 is 2.89 bits per heavy atom. The summed E-state index contributed by atoms with van der Waals surface area (Å²) in [5.41, 5.74) is -0.354. The molecule has 1 fully saturated rings. The third-order valence-electron chi connectivity index (χ3n) is 3.23. The van der Waals surface area contributed by atoms with E-state index in [0.29, 0.717) is 6.04 Å². The third-order valence-corrected chi connectivity index (χ3v) is 4.16. The molecular formula is C13H21N5S. The highest BCUT2D eigenvalue weighted by molar-refractivity contribution is 7.99. The first-order chi connectivity index (χ1) is 9.11. The minimum Gasteiger partial charge on any atom is -0.297 e. The average Bonchev–Trinajstić information content (AvgIpc) is 3.09. The van der Waals surface area contributed by atoms with Crippen molar-refractivity contribution in [1.82, 2.24) is 20.5 Å². The van der Waals surface area contributed by atoms with Crippen molar-refractivity contribution in [3.05, 3.63) is 5.82 Å². The Morgan fingerprint density at radius 2 is 2.32 bits per heavy atom. The van der Waals surface area contributed by atoms with Crippen molar-refractivity contribution in [3.63, 3.8) is 0 Å². The highest BCUT2D eigenvalue weighted by atomic mass is 32.2. The van der Waals surface area contributed by atoms with Crippen molar-refractivity contribution in [2.24, 2.45) is 0 Å². The first-order valence-electron chi connectivity index (χ1n) is 6.82. The summed E-state index contributed by atoms with van der Waals surface area (Å²) < 4.78 is 0. The molecule has 0 aliphatic heterocycles. The number of aromatic amines is 1. The average molecular weight is 279 g/mol. The van der Waals surface area contributed by atoms with Crippen molar-refractivity contribution in [2.45, 2.75) is 62.7 Å². The number of thioether (sulfide) groups is 1. The van der Waals surface area contributed by atoms with Gasteiger partial charge in [0.1, 0.15) is 11.4 Å². The van der Waals surface area contributed by atoms with E-state index in [2.05, 4.69) is 26.6 Å². The van der Waals surface area contributed by atoms with Gasteiger partial charge >= 0.3 is 0 Å². The van der Waals surface area contributed by atoms with Crippen molar-refractivity contribution in [2.75, 3.05) is 5.75 Å². The van der Waals surface area contributed by atoms with Crippen molar-refractivity contribution < 1.29 is 0 Å². The first kappa shape index (κ1) is 14.4. The summed E-state index contributed by atoms with van der Waals surface area (Å²) in [5, 5.41) is 20.4. The number of aryl methyl sites for hydroxylation is 1. The summed E-state index contributed by atoms with van der Waals surface area (Å²) >= 11 is 1.67. The van der Waals surface area contributed by atoms with Crippen LogP contribution in [0.2, 0.25) is 0 Å². The molecule has 1 aliphatic rings. The quantitative estimate of drug-likeness (QED) is 0.564. The largest absolute Gasteiger partial charge is 0.297 e. The van der Waals surface area contributed by atoms with Crippen molar-refractivity contribution >= 4 is 11.8 Å². The molecule has 1 aromatic heterocycles. The zero-order chi connectivity index (χ0) is 13.7. The third kappa shape index (κ3) is 4.84. The molecule has 6 heteroatoms. The van der Waals surface area contributed by atoms with Crippen LogP contribution in [0.15, 0.2) is 5.16 Å². The molecule has 1 saturated carbocycles. The van der Waals surface area contributed by atoms with E-state index in [-0.39, 0.29) is 5.54 Å². The predicted octanol–water partition coefficient (Wildman–Crippen LogP) is 2.41. The molecule has 0 radical (unpaired) electrons. The van der Waals surface area contributed by atoms with Crippen LogP contribution in [-0.2, 0) is 0 Å². The Balaban J connectivity index is 1.61. The zero-order valence-corrected chi connectivity index (χ0v) is 12.4. The second-order valence-corrected chi connectivity index (χ2v) is 6.43. The summed E-state index contributed by atoms with van der Waals surface area (Å²) in [6.07, 6.45) is 5.49. The van der Waals surface area contributed by atoms with Gasteiger partial charge in [-0.1, -0.05) is 11.8 Å². The molecule has 0 bridgehead atoms. The zero-order valence-electron chi connectivity index (χ0n) is 11.6. The minimum atomic E-state index is -0.354. The van der Waals surface area contributed by atoms with E-state index in [1.54, 1.807) is 11.8 Å². The molecule has 19 heavy (non-hydrogen) atoms. The Kier molecular flexibility index (Phi) is 4.83. The monoisotopic (exact) mass is 279 g/mol. The molecule has 1 aliphatic carbocycles. The molecular weight excluding hydrogens is 258 g/mol. The van der Waals surface area contributed by atoms with Gasteiger partial charge in [-0.25, -0.2) is 4.98 Å². The molecule has 1 heterocycles. The fourth-order valence-corrected chi connectivity index (χ4v) is 2.81. The van der Waals surface area contributed by atoms with Gasteiger partial charge in [-0.15, -0.1) is 5.10 Å². The van der Waals surface area contributed by atoms with Crippen LogP contribution in [0, 0.1) is 18.3 Å². The molecule has 1 aromatic rings. The van der Waals surface area contributed by atoms with Gasteiger partial charge in [0.25, 0.3) is 0 Å². The lowest BCUT2D eigenvalue weighted by atomic mass is 9.96. The topological polar surface area (TPSA) is 77.4 Å². The molecule has 2 N–H and O–H groups in total. The van der Waals surface area contributed by atoms with E-state index in [9.17, 15) is 5.26 Å². The number of unbranched alkanes of at least 4 members (excludes halogenated alkanes) is 1. The summed E-state index contributed by atoms with van der Waals surface area (Å²) in [6.45, 7) is 3.91. The van der Waals surface area contributed by atoms with Crippen LogP contribution in [0.3, 0.4) is 0 Å². The van der Waals surface area contributed by atoms with Gasteiger partial charge < -0.3 is 0 Å². The fourth-order valence-electron chi connectivity index (χ4n) is 1.97. The summed E-state index contributed by atoms with van der Waals surface area (Å²) in [6, 6.07) is 2.99. The second kappa shape index (κ2) is 6.40. The Labute approximate surface area is 118 Å². The van der Waals surface area contributed by atoms with E-state index in [4.69, 9.17) is 0 Å². The number of nitrogens with one attached hydrogen (secondary N) is 2. The Morgan fingerprint density at radius 1 is 1.53 bits per heavy atom. The van der Waals surface area contributed by atoms with E-state index in [0.717, 1.165) is 36.0 Å². The molecule has 0 aromatic carbocycles. The Hall–Kier alpha value is -1.06. The van der Waals surface area contributed by atoms with Gasteiger partial charge in [0.2, 0.25) is 5.16 Å². The molecule has 2 rings (SSSR count). The van der Waals surface area contributed by atoms with Crippen molar-refractivity contribution in [1.29, 1.82) is 5.26 Å². The molecule has 0 spiro atoms. The molecule has 5 nitrogen and oxygen atoms in total. The highest BCUT2D eigenvalue weighted by Gasteiger charge is 2.31. The number of hydrogen-bond donors (Lipinski definition) is 2. The number of rotatable bonds is 8. The first-order valence-corrected chi connectivity index (χ1v) is 7.81. The van der Waals surface area contributed by atoms with Crippen LogP contribution >= 0.6 is 11.8 Å². The second-order valence-electron chi connectivity index (χ2n) is 5.37. The molecule has 0 saturated heterocycles. The van der Waals surface area contributed by atoms with Crippen LogP contribution in [0.5, 0.6) is 0 Å². The predicted molar refractivity (Wildman–Crippen MR) is 75.9 cm³/mol. The molecule has 0 amide bonds. The SMILES string of the molecule is Cc1nc(SCCCCC(C)(C#N)NC2CC2)n[nH]1. The lowest BCUT2D eigenvalue weighted by Gasteiger charge is -2.23. The Bertz CT molecular complexity index is 448. The van der Waals surface area contributed by atoms with Gasteiger partial charge in [-0.05, 0) is 46.0 Å². The van der Waals surface area contributed by atoms with Gasteiger partial charge in [-0.3, -0.25) is 10.4 Å². The fraction of sp³-hybridized carbons (Fsp3) is 0.769. The van der Waals surface area contributed by atoms with Crippen LogP contribution in [-0.4, -0.2) is 32.5 Å². The normalized spacial score (nSPS) is 17.9. The number of hydrogen-bond acceptors (Lipinski definition) is 5. The molecule has 1 unspecified atom stereocenters. The lowest BCUT2D eigenvalue weighted by molar-refractivity contribution is 0.402. The van der Waals surface area contributed by atoms with Gasteiger partial charge in [0.15, 0.2) is 0 Å². The number of nitriles is 1. The smallest absolute Gasteiger partial charge is 0.208 e. The summed E-state index contributed by atoms with van der Waals surface area (Å²) in [4.78, 5) is 4.25. The summed E-state index contributed by atoms with van der Waals surface area (Å²) in [5.74, 6) is 1.86. The van der Waals surface area contributed by atoms with E-state index in [1.165, 1.54) is 12.8 Å². The maximum atomic E-state index is 9.26. The van der Waals surface area contributed by atoms with Crippen molar-refractivity contribution in [3.8, 4) is 6.07 Å². The van der Waals surface area contributed by atoms with Crippen LogP contribution in [0.1, 0.15) is 44.9 Å². The standard InChI is InChI=1S/C13H21N5S/c1-10-15-12(18-17-10)19-8-4-3-7-13(2,9-14)16-11-5-6-11/h11,16H,3-8H2,1-2H3,(H,15,17,18). The van der Waals surface area contributed by atoms with Crippen LogP contribution in [0.25, 0.3) is 0 Å². The maximum Gasteiger partial charge on any atom is 0.208 e. The van der Waals surface area contributed by atoms with Gasteiger partial charge in [0, 0.05) is 11.8 Å². The number of nitrogens with zero attached hydrogens (tertiary/aromatic N) is 3. The van der Waals surface area contributed by atoms with E-state index in [1.807, 2.05) is 13.8 Å². The highest BCUT2D eigenvalue weighted by Crippen LogP contribution is 2.25. The summed E-state index contributed by atoms with van der Waals surface area (Å²) in [7, 11) is 0. The van der Waals surface area contributed by atoms with Gasteiger partial charge in [-0.2, -0.15) is 5.26 Å². The molecule has 1 atom stereocenters. The lowest BCUT2D eigenvalue weighted by Crippen LogP contribution is -2.42. The molecule has 104 valence electrons. The van der Waals surface area contributed by atoms with Gasteiger partial charge in [0.05, 0.1) is 6.07 Å². The van der Waals surface area contributed by atoms with E-state index < -0.39 is 0 Å². The number of aromatic nitrogens is 3. The van der Waals surface area contributed by atoms with Crippen LogP contribution in [0.4, 0.5) is 0 Å².